The summed E-state index contributed by atoms with van der Waals surface area (Å²) in [6, 6.07) is 0. The number of ether oxygens (including phenoxy) is 1. The molecule has 1 fully saturated rings. The summed E-state index contributed by atoms with van der Waals surface area (Å²) in [7, 11) is -3.41. The maximum atomic E-state index is 12.2. The highest BCUT2D eigenvalue weighted by Gasteiger charge is 2.32. The number of hydrogen-bond donors (Lipinski definition) is 1. The third kappa shape index (κ3) is 3.13. The van der Waals surface area contributed by atoms with E-state index in [1.807, 2.05) is 0 Å². The molecule has 5 nitrogen and oxygen atoms in total. The van der Waals surface area contributed by atoms with Gasteiger partial charge in [-0.05, 0) is 12.8 Å². The van der Waals surface area contributed by atoms with Gasteiger partial charge in [-0.15, -0.1) is 0 Å². The van der Waals surface area contributed by atoms with Crippen molar-refractivity contribution >= 4 is 27.2 Å². The lowest BCUT2D eigenvalue weighted by Gasteiger charge is -2.24. The van der Waals surface area contributed by atoms with Crippen LogP contribution >= 0.6 is 12.2 Å². The molecule has 1 saturated heterocycles. The molecule has 0 amide bonds. The molecule has 0 radical (unpaired) electrons. The van der Waals surface area contributed by atoms with Crippen LogP contribution in [0.5, 0.6) is 0 Å². The predicted molar refractivity (Wildman–Crippen MR) is 66.8 cm³/mol. The largest absolute Gasteiger partial charge is 0.392 e. The second-order valence-corrected chi connectivity index (χ2v) is 6.30. The molecule has 0 spiro atoms. The lowest BCUT2D eigenvalue weighted by molar-refractivity contribution is 0.148. The number of thiocarbonyl (C=S) groups is 1. The van der Waals surface area contributed by atoms with Gasteiger partial charge in [0.1, 0.15) is 5.25 Å². The zero-order valence-corrected chi connectivity index (χ0v) is 11.0. The maximum Gasteiger partial charge on any atom is 0.223 e. The van der Waals surface area contributed by atoms with Crippen molar-refractivity contribution in [2.75, 3.05) is 26.3 Å². The maximum absolute atomic E-state index is 12.2. The first kappa shape index (κ1) is 13.8. The Labute approximate surface area is 102 Å². The van der Waals surface area contributed by atoms with Crippen LogP contribution in [0.3, 0.4) is 0 Å². The van der Waals surface area contributed by atoms with Crippen LogP contribution in [0.15, 0.2) is 0 Å². The van der Waals surface area contributed by atoms with Gasteiger partial charge in [0.25, 0.3) is 0 Å². The molecule has 16 heavy (non-hydrogen) atoms. The summed E-state index contributed by atoms with van der Waals surface area (Å²) in [6.45, 7) is 3.70. The Kier molecular flexibility index (Phi) is 5.10. The summed E-state index contributed by atoms with van der Waals surface area (Å²) in [4.78, 5) is 0.0488. The number of rotatable bonds is 4. The van der Waals surface area contributed by atoms with E-state index in [9.17, 15) is 8.42 Å². The third-order valence-corrected chi connectivity index (χ3v) is 5.41. The molecular weight excluding hydrogens is 248 g/mol. The number of nitrogens with zero attached hydrogens (tertiary/aromatic N) is 1. The molecule has 0 aromatic rings. The molecule has 7 heteroatoms. The zero-order valence-electron chi connectivity index (χ0n) is 9.39. The topological polar surface area (TPSA) is 72.6 Å². The lowest BCUT2D eigenvalue weighted by Crippen LogP contribution is -2.45. The summed E-state index contributed by atoms with van der Waals surface area (Å²) in [5, 5.41) is -0.749. The molecule has 0 saturated carbocycles. The van der Waals surface area contributed by atoms with Gasteiger partial charge in [0.05, 0.1) is 11.6 Å². The lowest BCUT2D eigenvalue weighted by atomic mass is 10.3. The van der Waals surface area contributed by atoms with Gasteiger partial charge in [0.15, 0.2) is 0 Å². The van der Waals surface area contributed by atoms with E-state index in [-0.39, 0.29) is 4.99 Å². The monoisotopic (exact) mass is 266 g/mol. The number of sulfonamides is 1. The minimum atomic E-state index is -3.41. The van der Waals surface area contributed by atoms with Crippen molar-refractivity contribution < 1.29 is 13.2 Å². The van der Waals surface area contributed by atoms with E-state index in [2.05, 4.69) is 0 Å². The highest BCUT2D eigenvalue weighted by atomic mass is 32.2. The van der Waals surface area contributed by atoms with Gasteiger partial charge in [-0.1, -0.05) is 19.1 Å². The predicted octanol–water partition coefficient (Wildman–Crippen LogP) is 0.103. The van der Waals surface area contributed by atoms with Crippen LogP contribution in [-0.4, -0.2) is 49.3 Å². The second kappa shape index (κ2) is 5.90. The number of nitrogens with two attached hydrogens (primary N) is 1. The summed E-state index contributed by atoms with van der Waals surface area (Å²) in [6.07, 6.45) is 1.13. The molecule has 1 heterocycles. The van der Waals surface area contributed by atoms with E-state index >= 15 is 0 Å². The minimum absolute atomic E-state index is 0.0488. The van der Waals surface area contributed by atoms with Crippen LogP contribution in [0.4, 0.5) is 0 Å². The molecule has 94 valence electrons. The fraction of sp³-hybridized carbons (Fsp3) is 0.889. The molecule has 0 aromatic carbocycles. The first-order chi connectivity index (χ1) is 7.50. The van der Waals surface area contributed by atoms with Crippen molar-refractivity contribution in [1.82, 2.24) is 4.31 Å². The Hall–Kier alpha value is -0.240. The van der Waals surface area contributed by atoms with E-state index in [1.165, 1.54) is 4.31 Å². The summed E-state index contributed by atoms with van der Waals surface area (Å²) >= 11 is 4.81. The SMILES string of the molecule is CCC(C(N)=S)S(=O)(=O)N1CCCOCC1. The fourth-order valence-electron chi connectivity index (χ4n) is 1.72. The molecule has 1 rings (SSSR count). The first-order valence-electron chi connectivity index (χ1n) is 5.36. The van der Waals surface area contributed by atoms with Crippen molar-refractivity contribution in [2.24, 2.45) is 5.73 Å². The molecule has 1 aliphatic rings. The van der Waals surface area contributed by atoms with Crippen molar-refractivity contribution in [2.45, 2.75) is 25.0 Å². The van der Waals surface area contributed by atoms with Gasteiger partial charge in [0.2, 0.25) is 10.0 Å². The molecule has 0 aromatic heterocycles. The molecule has 1 unspecified atom stereocenters. The molecule has 2 N–H and O–H groups in total. The van der Waals surface area contributed by atoms with Gasteiger partial charge in [-0.2, -0.15) is 4.31 Å². The molecule has 0 aliphatic carbocycles. The van der Waals surface area contributed by atoms with E-state index in [4.69, 9.17) is 22.7 Å². The van der Waals surface area contributed by atoms with E-state index in [0.717, 1.165) is 0 Å². The molecule has 1 aliphatic heterocycles. The fourth-order valence-corrected chi connectivity index (χ4v) is 4.03. The first-order valence-corrected chi connectivity index (χ1v) is 7.27. The van der Waals surface area contributed by atoms with Crippen LogP contribution in [0.25, 0.3) is 0 Å². The Morgan fingerprint density at radius 2 is 2.19 bits per heavy atom. The van der Waals surface area contributed by atoms with Gasteiger partial charge < -0.3 is 10.5 Å². The molecular formula is C9H18N2O3S2. The summed E-state index contributed by atoms with van der Waals surface area (Å²) in [5.41, 5.74) is 5.47. The van der Waals surface area contributed by atoms with Gasteiger partial charge in [-0.25, -0.2) is 8.42 Å². The van der Waals surface area contributed by atoms with Crippen molar-refractivity contribution in [3.63, 3.8) is 0 Å². The second-order valence-electron chi connectivity index (χ2n) is 3.71. The van der Waals surface area contributed by atoms with E-state index < -0.39 is 15.3 Å². The van der Waals surface area contributed by atoms with E-state index in [1.54, 1.807) is 6.92 Å². The smallest absolute Gasteiger partial charge is 0.223 e. The van der Waals surface area contributed by atoms with Gasteiger partial charge in [0, 0.05) is 19.7 Å². The van der Waals surface area contributed by atoms with Crippen LogP contribution in [0, 0.1) is 0 Å². The van der Waals surface area contributed by atoms with Crippen LogP contribution in [0.2, 0.25) is 0 Å². The van der Waals surface area contributed by atoms with Gasteiger partial charge in [-0.3, -0.25) is 0 Å². The van der Waals surface area contributed by atoms with E-state index in [0.29, 0.717) is 39.1 Å². The Bertz CT molecular complexity index is 335. The highest BCUT2D eigenvalue weighted by Crippen LogP contribution is 2.15. The highest BCUT2D eigenvalue weighted by molar-refractivity contribution is 7.92. The zero-order chi connectivity index (χ0) is 12.2. The number of hydrogen-bond acceptors (Lipinski definition) is 4. The van der Waals surface area contributed by atoms with Crippen molar-refractivity contribution in [3.8, 4) is 0 Å². The third-order valence-electron chi connectivity index (χ3n) is 2.59. The molecule has 0 bridgehead atoms. The Morgan fingerprint density at radius 3 is 2.75 bits per heavy atom. The average molecular weight is 266 g/mol. The molecule has 1 atom stereocenters. The standard InChI is InChI=1S/C9H18N2O3S2/c1-2-8(9(10)15)16(12,13)11-4-3-6-14-7-5-11/h8H,2-7H2,1H3,(H2,10,15). The average Bonchev–Trinajstić information content (AvgIpc) is 2.45. The summed E-state index contributed by atoms with van der Waals surface area (Å²) in [5.74, 6) is 0. The summed E-state index contributed by atoms with van der Waals surface area (Å²) < 4.78 is 31.1. The van der Waals surface area contributed by atoms with Crippen LogP contribution < -0.4 is 5.73 Å². The van der Waals surface area contributed by atoms with Crippen LogP contribution in [0.1, 0.15) is 19.8 Å². The minimum Gasteiger partial charge on any atom is -0.392 e. The Balaban J connectivity index is 2.85. The van der Waals surface area contributed by atoms with Crippen molar-refractivity contribution in [3.05, 3.63) is 0 Å². The van der Waals surface area contributed by atoms with Crippen LogP contribution in [-0.2, 0) is 14.8 Å². The normalized spacial score (nSPS) is 21.3. The van der Waals surface area contributed by atoms with Crippen molar-refractivity contribution in [1.29, 1.82) is 0 Å². The quantitative estimate of drug-likeness (QED) is 0.731. The van der Waals surface area contributed by atoms with Gasteiger partial charge >= 0.3 is 0 Å². The Morgan fingerprint density at radius 1 is 1.50 bits per heavy atom.